The fraction of sp³-hybridized carbons (Fsp3) is 0.300. The Balaban J connectivity index is 1.96. The summed E-state index contributed by atoms with van der Waals surface area (Å²) >= 11 is 0. The fourth-order valence-electron chi connectivity index (χ4n) is 2.37. The highest BCUT2D eigenvalue weighted by Gasteiger charge is 2.31. The molecule has 0 fully saturated rings. The predicted octanol–water partition coefficient (Wildman–Crippen LogP) is 4.19. The van der Waals surface area contributed by atoms with Gasteiger partial charge in [-0.2, -0.15) is 0 Å². The van der Waals surface area contributed by atoms with Gasteiger partial charge >= 0.3 is 0 Å². The number of hydrogen-bond donors (Lipinski definition) is 0. The van der Waals surface area contributed by atoms with Gasteiger partial charge in [-0.1, -0.05) is 61.7 Å². The van der Waals surface area contributed by atoms with E-state index in [0.717, 1.165) is 11.1 Å². The van der Waals surface area contributed by atoms with E-state index < -0.39 is 0 Å². The van der Waals surface area contributed by atoms with E-state index in [1.807, 2.05) is 49.4 Å². The van der Waals surface area contributed by atoms with E-state index in [0.29, 0.717) is 13.2 Å². The molecule has 1 aliphatic rings. The fourth-order valence-corrected chi connectivity index (χ4v) is 2.37. The SMILES string of the molecule is C=C/C=C(\C=C)CO[C@H]1C(C)OC=CC1OCc1ccccc1. The average Bonchev–Trinajstić information content (AvgIpc) is 2.59. The minimum atomic E-state index is -0.170. The molecule has 0 aromatic heterocycles. The molecule has 122 valence electrons. The molecule has 0 saturated heterocycles. The van der Waals surface area contributed by atoms with Crippen molar-refractivity contribution in [2.75, 3.05) is 6.61 Å². The van der Waals surface area contributed by atoms with E-state index >= 15 is 0 Å². The summed E-state index contributed by atoms with van der Waals surface area (Å²) in [4.78, 5) is 0. The van der Waals surface area contributed by atoms with Gasteiger partial charge in [0, 0.05) is 0 Å². The van der Waals surface area contributed by atoms with Crippen LogP contribution < -0.4 is 0 Å². The molecule has 3 heteroatoms. The van der Waals surface area contributed by atoms with E-state index in [9.17, 15) is 0 Å². The third-order valence-electron chi connectivity index (χ3n) is 3.67. The Morgan fingerprint density at radius 3 is 2.70 bits per heavy atom. The molecule has 0 saturated carbocycles. The summed E-state index contributed by atoms with van der Waals surface area (Å²) in [7, 11) is 0. The van der Waals surface area contributed by atoms with Crippen molar-refractivity contribution < 1.29 is 14.2 Å². The molecule has 1 aromatic carbocycles. The monoisotopic (exact) mass is 312 g/mol. The van der Waals surface area contributed by atoms with Gasteiger partial charge in [-0.25, -0.2) is 0 Å². The third-order valence-corrected chi connectivity index (χ3v) is 3.67. The topological polar surface area (TPSA) is 27.7 Å². The van der Waals surface area contributed by atoms with Crippen LogP contribution in [0.15, 0.2) is 79.6 Å². The maximum atomic E-state index is 6.02. The molecule has 3 atom stereocenters. The summed E-state index contributed by atoms with van der Waals surface area (Å²) in [5.41, 5.74) is 2.11. The summed E-state index contributed by atoms with van der Waals surface area (Å²) in [6, 6.07) is 10.1. The Hall–Kier alpha value is -2.10. The van der Waals surface area contributed by atoms with Gasteiger partial charge in [0.2, 0.25) is 0 Å². The number of allylic oxidation sites excluding steroid dienone is 2. The standard InChI is InChI=1S/C20H24O3/c1-4-9-17(5-2)14-23-20-16(3)21-13-12-19(20)22-15-18-10-7-6-8-11-18/h4-13,16,19-20H,1-2,14-15H2,3H3/b17-9+/t16?,19?,20-/m0/s1. The van der Waals surface area contributed by atoms with Crippen LogP contribution in [0.5, 0.6) is 0 Å². The quantitative estimate of drug-likeness (QED) is 0.674. The molecule has 2 unspecified atom stereocenters. The van der Waals surface area contributed by atoms with Gasteiger partial charge < -0.3 is 14.2 Å². The van der Waals surface area contributed by atoms with Gasteiger partial charge in [-0.3, -0.25) is 0 Å². The normalized spacial score (nSPS) is 24.0. The van der Waals surface area contributed by atoms with Crippen molar-refractivity contribution in [2.24, 2.45) is 0 Å². The number of benzene rings is 1. The smallest absolute Gasteiger partial charge is 0.124 e. The highest BCUT2D eigenvalue weighted by atomic mass is 16.6. The summed E-state index contributed by atoms with van der Waals surface area (Å²) in [5, 5.41) is 0. The zero-order chi connectivity index (χ0) is 16.5. The Labute approximate surface area is 138 Å². The number of ether oxygens (including phenoxy) is 3. The van der Waals surface area contributed by atoms with Crippen molar-refractivity contribution in [3.63, 3.8) is 0 Å². The Morgan fingerprint density at radius 1 is 1.22 bits per heavy atom. The minimum absolute atomic E-state index is 0.0735. The first kappa shape index (κ1) is 17.3. The van der Waals surface area contributed by atoms with Gasteiger partial charge in [0.15, 0.2) is 0 Å². The van der Waals surface area contributed by atoms with Crippen LogP contribution in [-0.2, 0) is 20.8 Å². The van der Waals surface area contributed by atoms with Crippen LogP contribution in [0.2, 0.25) is 0 Å². The van der Waals surface area contributed by atoms with Crippen LogP contribution in [0.3, 0.4) is 0 Å². The summed E-state index contributed by atoms with van der Waals surface area (Å²) in [6.07, 6.45) is 8.58. The van der Waals surface area contributed by atoms with Crippen LogP contribution >= 0.6 is 0 Å². The Morgan fingerprint density at radius 2 is 2.00 bits per heavy atom. The maximum Gasteiger partial charge on any atom is 0.124 e. The molecular formula is C20H24O3. The van der Waals surface area contributed by atoms with Gasteiger partial charge in [-0.15, -0.1) is 0 Å². The van der Waals surface area contributed by atoms with Gasteiger partial charge in [0.05, 0.1) is 19.5 Å². The minimum Gasteiger partial charge on any atom is -0.496 e. The van der Waals surface area contributed by atoms with Gasteiger partial charge in [-0.05, 0) is 24.1 Å². The molecular weight excluding hydrogens is 288 g/mol. The van der Waals surface area contributed by atoms with E-state index in [1.165, 1.54) is 0 Å². The lowest BCUT2D eigenvalue weighted by atomic mass is 10.1. The molecule has 0 N–H and O–H groups in total. The van der Waals surface area contributed by atoms with Gasteiger partial charge in [0.1, 0.15) is 18.3 Å². The first-order chi connectivity index (χ1) is 11.2. The van der Waals surface area contributed by atoms with Crippen molar-refractivity contribution in [3.05, 3.63) is 85.2 Å². The van der Waals surface area contributed by atoms with E-state index in [2.05, 4.69) is 13.2 Å². The van der Waals surface area contributed by atoms with Gasteiger partial charge in [0.25, 0.3) is 0 Å². The molecule has 0 amide bonds. The molecule has 2 rings (SSSR count). The average molecular weight is 312 g/mol. The highest BCUT2D eigenvalue weighted by Crippen LogP contribution is 2.20. The number of hydrogen-bond acceptors (Lipinski definition) is 3. The lowest BCUT2D eigenvalue weighted by molar-refractivity contribution is -0.114. The second-order valence-electron chi connectivity index (χ2n) is 5.39. The molecule has 1 aromatic rings. The van der Waals surface area contributed by atoms with Crippen LogP contribution in [0, 0.1) is 0 Å². The highest BCUT2D eigenvalue weighted by molar-refractivity contribution is 5.21. The van der Waals surface area contributed by atoms with Crippen molar-refractivity contribution >= 4 is 0 Å². The van der Waals surface area contributed by atoms with E-state index in [4.69, 9.17) is 14.2 Å². The van der Waals surface area contributed by atoms with Crippen molar-refractivity contribution in [1.29, 1.82) is 0 Å². The maximum absolute atomic E-state index is 6.02. The second kappa shape index (κ2) is 9.13. The van der Waals surface area contributed by atoms with Crippen LogP contribution in [-0.4, -0.2) is 24.9 Å². The van der Waals surface area contributed by atoms with E-state index in [-0.39, 0.29) is 18.3 Å². The molecule has 0 radical (unpaired) electrons. The predicted molar refractivity (Wildman–Crippen MR) is 92.9 cm³/mol. The third kappa shape index (κ3) is 5.23. The summed E-state index contributed by atoms with van der Waals surface area (Å²) in [5.74, 6) is 0. The lowest BCUT2D eigenvalue weighted by Gasteiger charge is -2.33. The summed E-state index contributed by atoms with van der Waals surface area (Å²) < 4.78 is 17.6. The molecule has 0 aliphatic carbocycles. The molecule has 3 nitrogen and oxygen atoms in total. The second-order valence-corrected chi connectivity index (χ2v) is 5.39. The lowest BCUT2D eigenvalue weighted by Crippen LogP contribution is -2.42. The molecule has 0 spiro atoms. The van der Waals surface area contributed by atoms with Crippen LogP contribution in [0.4, 0.5) is 0 Å². The largest absolute Gasteiger partial charge is 0.496 e. The van der Waals surface area contributed by atoms with E-state index in [1.54, 1.807) is 18.4 Å². The zero-order valence-corrected chi connectivity index (χ0v) is 13.6. The first-order valence-electron chi connectivity index (χ1n) is 7.78. The first-order valence-corrected chi connectivity index (χ1v) is 7.78. The molecule has 0 bridgehead atoms. The van der Waals surface area contributed by atoms with Crippen LogP contribution in [0.25, 0.3) is 0 Å². The molecule has 23 heavy (non-hydrogen) atoms. The van der Waals surface area contributed by atoms with Crippen molar-refractivity contribution in [1.82, 2.24) is 0 Å². The van der Waals surface area contributed by atoms with Crippen LogP contribution in [0.1, 0.15) is 12.5 Å². The Kier molecular flexibility index (Phi) is 6.85. The zero-order valence-electron chi connectivity index (χ0n) is 13.6. The molecule has 1 heterocycles. The van der Waals surface area contributed by atoms with Crippen molar-refractivity contribution in [3.8, 4) is 0 Å². The van der Waals surface area contributed by atoms with Crippen molar-refractivity contribution in [2.45, 2.75) is 31.8 Å². The molecule has 1 aliphatic heterocycles. The summed E-state index contributed by atoms with van der Waals surface area (Å²) in [6.45, 7) is 10.5. The Bertz CT molecular complexity index is 560. The number of rotatable bonds is 8.